The molecule has 0 radical (unpaired) electrons. The van der Waals surface area contributed by atoms with Gasteiger partial charge in [0.1, 0.15) is 23.9 Å². The Hall–Kier alpha value is -3.26. The Labute approximate surface area is 169 Å². The van der Waals surface area contributed by atoms with E-state index >= 15 is 0 Å². The number of hydrogen-bond acceptors (Lipinski definition) is 5. The first-order valence-electron chi connectivity index (χ1n) is 8.34. The lowest BCUT2D eigenvalue weighted by molar-refractivity contribution is -0.123. The maximum absolute atomic E-state index is 12.0. The summed E-state index contributed by atoms with van der Waals surface area (Å²) in [7, 11) is 0. The molecule has 28 heavy (non-hydrogen) atoms. The molecule has 1 heterocycles. The predicted molar refractivity (Wildman–Crippen MR) is 105 cm³/mol. The van der Waals surface area contributed by atoms with Gasteiger partial charge in [0.05, 0.1) is 0 Å². The molecule has 0 spiro atoms. The number of carbonyl (C=O) groups is 2. The van der Waals surface area contributed by atoms with Crippen molar-refractivity contribution in [3.8, 4) is 11.5 Å². The van der Waals surface area contributed by atoms with E-state index in [-0.39, 0.29) is 19.0 Å². The maximum atomic E-state index is 12.0. The van der Waals surface area contributed by atoms with E-state index in [4.69, 9.17) is 13.9 Å². The van der Waals surface area contributed by atoms with Crippen molar-refractivity contribution in [3.63, 3.8) is 0 Å². The molecule has 2 amide bonds. The molecule has 3 aromatic rings. The van der Waals surface area contributed by atoms with Gasteiger partial charge in [0.2, 0.25) is 0 Å². The van der Waals surface area contributed by atoms with Crippen molar-refractivity contribution in [1.82, 2.24) is 10.9 Å². The number of hydrogen-bond donors (Lipinski definition) is 2. The van der Waals surface area contributed by atoms with Gasteiger partial charge < -0.3 is 13.9 Å². The number of furan rings is 1. The van der Waals surface area contributed by atoms with Crippen LogP contribution in [-0.2, 0) is 11.4 Å². The summed E-state index contributed by atoms with van der Waals surface area (Å²) >= 11 is 3.31. The Morgan fingerprint density at radius 3 is 2.32 bits per heavy atom. The Morgan fingerprint density at radius 2 is 1.57 bits per heavy atom. The minimum Gasteiger partial charge on any atom is -0.486 e. The van der Waals surface area contributed by atoms with Crippen LogP contribution < -0.4 is 20.3 Å². The van der Waals surface area contributed by atoms with E-state index in [1.165, 1.54) is 6.07 Å². The molecular formula is C20H17BrN2O5. The zero-order chi connectivity index (χ0) is 19.8. The van der Waals surface area contributed by atoms with E-state index in [1.807, 2.05) is 30.3 Å². The van der Waals surface area contributed by atoms with Crippen molar-refractivity contribution < 1.29 is 23.5 Å². The van der Waals surface area contributed by atoms with Crippen LogP contribution in [0.15, 0.2) is 75.6 Å². The lowest BCUT2D eigenvalue weighted by Crippen LogP contribution is -2.43. The molecule has 144 valence electrons. The molecule has 0 aliphatic carbocycles. The highest BCUT2D eigenvalue weighted by atomic mass is 79.9. The van der Waals surface area contributed by atoms with Crippen molar-refractivity contribution in [2.24, 2.45) is 0 Å². The fourth-order valence-electron chi connectivity index (χ4n) is 2.15. The van der Waals surface area contributed by atoms with Crippen LogP contribution in [0.4, 0.5) is 0 Å². The summed E-state index contributed by atoms with van der Waals surface area (Å²) in [4.78, 5) is 23.8. The maximum Gasteiger partial charge on any atom is 0.305 e. The third-order valence-corrected chi connectivity index (χ3v) is 4.04. The third kappa shape index (κ3) is 5.88. The second-order valence-corrected chi connectivity index (χ2v) is 6.53. The lowest BCUT2D eigenvalue weighted by Gasteiger charge is -2.08. The lowest BCUT2D eigenvalue weighted by atomic mass is 10.3. The zero-order valence-electron chi connectivity index (χ0n) is 14.7. The number of halogens is 1. The van der Waals surface area contributed by atoms with Crippen LogP contribution in [0.3, 0.4) is 0 Å². The molecule has 1 aromatic heterocycles. The number of amides is 2. The molecule has 0 saturated heterocycles. The minimum atomic E-state index is -0.581. The molecule has 0 aliphatic rings. The van der Waals surface area contributed by atoms with E-state index in [2.05, 4.69) is 26.8 Å². The van der Waals surface area contributed by atoms with Crippen LogP contribution >= 0.6 is 15.9 Å². The average Bonchev–Trinajstić information content (AvgIpc) is 3.20. The molecular weight excluding hydrogens is 428 g/mol. The molecule has 7 nitrogen and oxygen atoms in total. The molecule has 0 bridgehead atoms. The number of benzene rings is 2. The Balaban J connectivity index is 1.41. The molecule has 8 heteroatoms. The van der Waals surface area contributed by atoms with Crippen molar-refractivity contribution in [1.29, 1.82) is 0 Å². The van der Waals surface area contributed by atoms with E-state index < -0.39 is 11.8 Å². The van der Waals surface area contributed by atoms with E-state index in [1.54, 1.807) is 30.3 Å². The molecule has 0 unspecified atom stereocenters. The standard InChI is InChI=1S/C20H17BrN2O5/c21-14-6-8-16(9-7-14)27-13-19(24)22-23-20(25)18-11-10-17(28-18)12-26-15-4-2-1-3-5-15/h1-11H,12-13H2,(H,22,24)(H,23,25). The fourth-order valence-corrected chi connectivity index (χ4v) is 2.42. The Morgan fingerprint density at radius 1 is 0.857 bits per heavy atom. The summed E-state index contributed by atoms with van der Waals surface area (Å²) in [5, 5.41) is 0. The van der Waals surface area contributed by atoms with Crippen LogP contribution in [0, 0.1) is 0 Å². The van der Waals surface area contributed by atoms with Crippen LogP contribution in [0.2, 0.25) is 0 Å². The topological polar surface area (TPSA) is 89.8 Å². The highest BCUT2D eigenvalue weighted by Gasteiger charge is 2.13. The average molecular weight is 445 g/mol. The van der Waals surface area contributed by atoms with Crippen LogP contribution in [0.1, 0.15) is 16.3 Å². The molecule has 0 aliphatic heterocycles. The normalized spacial score (nSPS) is 10.2. The summed E-state index contributed by atoms with van der Waals surface area (Å²) in [6.07, 6.45) is 0. The number of carbonyl (C=O) groups excluding carboxylic acids is 2. The molecule has 0 fully saturated rings. The third-order valence-electron chi connectivity index (χ3n) is 3.51. The molecule has 3 rings (SSSR count). The van der Waals surface area contributed by atoms with Gasteiger partial charge in [-0.15, -0.1) is 0 Å². The summed E-state index contributed by atoms with van der Waals surface area (Å²) < 4.78 is 17.2. The summed E-state index contributed by atoms with van der Waals surface area (Å²) in [6.45, 7) is -0.0546. The van der Waals surface area contributed by atoms with Gasteiger partial charge in [-0.2, -0.15) is 0 Å². The second-order valence-electron chi connectivity index (χ2n) is 5.61. The van der Waals surface area contributed by atoms with Crippen LogP contribution in [0.25, 0.3) is 0 Å². The summed E-state index contributed by atoms with van der Waals surface area (Å²) in [6, 6.07) is 19.4. The van der Waals surface area contributed by atoms with Gasteiger partial charge in [-0.3, -0.25) is 20.4 Å². The Kier molecular flexibility index (Phi) is 6.69. The van der Waals surface area contributed by atoms with Gasteiger partial charge in [-0.1, -0.05) is 34.1 Å². The fraction of sp³-hybridized carbons (Fsp3) is 0.100. The SMILES string of the molecule is O=C(COc1ccc(Br)cc1)NNC(=O)c1ccc(COc2ccccc2)o1. The first-order valence-corrected chi connectivity index (χ1v) is 9.13. The highest BCUT2D eigenvalue weighted by molar-refractivity contribution is 9.10. The molecule has 0 saturated carbocycles. The Bertz CT molecular complexity index is 925. The first-order chi connectivity index (χ1) is 13.6. The smallest absolute Gasteiger partial charge is 0.305 e. The van der Waals surface area contributed by atoms with Crippen molar-refractivity contribution in [2.75, 3.05) is 6.61 Å². The first kappa shape index (κ1) is 19.5. The van der Waals surface area contributed by atoms with Crippen molar-refractivity contribution >= 4 is 27.7 Å². The zero-order valence-corrected chi connectivity index (χ0v) is 16.3. The van der Waals surface area contributed by atoms with Crippen LogP contribution in [-0.4, -0.2) is 18.4 Å². The van der Waals surface area contributed by atoms with Gasteiger partial charge in [0.25, 0.3) is 5.91 Å². The minimum absolute atomic E-state index is 0.0563. The van der Waals surface area contributed by atoms with Crippen molar-refractivity contribution in [3.05, 3.63) is 82.7 Å². The van der Waals surface area contributed by atoms with Crippen molar-refractivity contribution in [2.45, 2.75) is 6.61 Å². The summed E-state index contributed by atoms with van der Waals surface area (Å²) in [5.74, 6) is 0.694. The quantitative estimate of drug-likeness (QED) is 0.544. The number of rotatable bonds is 7. The van der Waals surface area contributed by atoms with Gasteiger partial charge in [-0.25, -0.2) is 0 Å². The number of ether oxygens (including phenoxy) is 2. The molecule has 2 aromatic carbocycles. The monoisotopic (exact) mass is 444 g/mol. The van der Waals surface area contributed by atoms with Crippen LogP contribution in [0.5, 0.6) is 11.5 Å². The van der Waals surface area contributed by atoms with E-state index in [9.17, 15) is 9.59 Å². The molecule has 0 atom stereocenters. The number of hydrazine groups is 1. The summed E-state index contributed by atoms with van der Waals surface area (Å²) in [5.41, 5.74) is 4.54. The highest BCUT2D eigenvalue weighted by Crippen LogP contribution is 2.16. The molecule has 2 N–H and O–H groups in total. The van der Waals surface area contributed by atoms with Gasteiger partial charge in [0, 0.05) is 4.47 Å². The van der Waals surface area contributed by atoms with E-state index in [0.717, 1.165) is 4.47 Å². The number of nitrogens with one attached hydrogen (secondary N) is 2. The number of para-hydroxylation sites is 1. The van der Waals surface area contributed by atoms with Gasteiger partial charge in [-0.05, 0) is 48.5 Å². The van der Waals surface area contributed by atoms with Gasteiger partial charge in [0.15, 0.2) is 12.4 Å². The second kappa shape index (κ2) is 9.61. The van der Waals surface area contributed by atoms with Gasteiger partial charge >= 0.3 is 5.91 Å². The van der Waals surface area contributed by atoms with E-state index in [0.29, 0.717) is 17.3 Å². The predicted octanol–water partition coefficient (Wildman–Crippen LogP) is 3.46. The largest absolute Gasteiger partial charge is 0.486 e.